The first-order chi connectivity index (χ1) is 21.9. The Bertz CT molecular complexity index is 1120. The molecule has 0 bridgehead atoms. The number of carbonyl (C=O) groups is 3. The summed E-state index contributed by atoms with van der Waals surface area (Å²) in [6, 6.07) is 5.51. The zero-order chi connectivity index (χ0) is 35.8. The summed E-state index contributed by atoms with van der Waals surface area (Å²) in [6.45, 7) is 25.4. The van der Waals surface area contributed by atoms with Crippen molar-refractivity contribution in [2.45, 2.75) is 121 Å². The summed E-state index contributed by atoms with van der Waals surface area (Å²) in [5.41, 5.74) is 1.13. The molecular formula is C35H62N6O5. The van der Waals surface area contributed by atoms with Gasteiger partial charge in [-0.1, -0.05) is 73.4 Å². The zero-order valence-electron chi connectivity index (χ0n) is 30.8. The Balaban J connectivity index is 0. The molecule has 0 aliphatic carbocycles. The van der Waals surface area contributed by atoms with Gasteiger partial charge in [0, 0.05) is 46.1 Å². The van der Waals surface area contributed by atoms with Crippen molar-refractivity contribution in [3.63, 3.8) is 0 Å². The normalized spacial score (nSPS) is 10.5. The average Bonchev–Trinajstić information content (AvgIpc) is 3.03. The van der Waals surface area contributed by atoms with Crippen LogP contribution in [0.2, 0.25) is 0 Å². The molecule has 2 aromatic rings. The summed E-state index contributed by atoms with van der Waals surface area (Å²) in [6.07, 6.45) is 4.36. The Labute approximate surface area is 278 Å². The Morgan fingerprint density at radius 3 is 1.93 bits per heavy atom. The fraction of sp³-hybridized carbons (Fsp3) is 0.629. The standard InChI is InChI=1S/C28H42N6O5.C3H8.2C2H6/c1-8-11-16-32(7)28(38)39-22-14-12-21(13-15-22)17-23(26(36)37)30-25-24(34(19(4)5)20(6)35)18-29-27(31-25)33(9-2)10-3;1-3-2;2*1-2/h12-15,18-19,23H,8-11,16-17H2,1-7H3,(H,36,37)(H,29,30,31);3H2,1-2H3;2*1-2H3/t23-;;;/m0.../s1. The number of carboxylic acid groups (broad SMARTS) is 1. The molecule has 0 saturated heterocycles. The predicted molar refractivity (Wildman–Crippen MR) is 191 cm³/mol. The Morgan fingerprint density at radius 2 is 1.50 bits per heavy atom. The predicted octanol–water partition coefficient (Wildman–Crippen LogP) is 7.89. The van der Waals surface area contributed by atoms with E-state index in [0.717, 1.165) is 18.4 Å². The first-order valence-corrected chi connectivity index (χ1v) is 16.9. The summed E-state index contributed by atoms with van der Waals surface area (Å²) < 4.78 is 5.42. The summed E-state index contributed by atoms with van der Waals surface area (Å²) in [4.78, 5) is 51.1. The highest BCUT2D eigenvalue weighted by Gasteiger charge is 2.26. The quantitative estimate of drug-likeness (QED) is 0.210. The number of anilines is 3. The van der Waals surface area contributed by atoms with Crippen LogP contribution in [0, 0.1) is 0 Å². The topological polar surface area (TPSA) is 128 Å². The van der Waals surface area contributed by atoms with E-state index in [2.05, 4.69) is 36.1 Å². The highest BCUT2D eigenvalue weighted by Crippen LogP contribution is 2.29. The minimum Gasteiger partial charge on any atom is -0.480 e. The summed E-state index contributed by atoms with van der Waals surface area (Å²) in [7, 11) is 1.69. The van der Waals surface area contributed by atoms with E-state index in [1.807, 2.05) is 60.3 Å². The van der Waals surface area contributed by atoms with Gasteiger partial charge in [-0.2, -0.15) is 4.98 Å². The largest absolute Gasteiger partial charge is 0.480 e. The van der Waals surface area contributed by atoms with Crippen LogP contribution in [-0.2, 0) is 16.0 Å². The van der Waals surface area contributed by atoms with Crippen LogP contribution in [-0.4, -0.2) is 76.7 Å². The second kappa shape index (κ2) is 25.3. The van der Waals surface area contributed by atoms with E-state index in [-0.39, 0.29) is 24.2 Å². The number of nitrogens with one attached hydrogen (secondary N) is 1. The molecule has 0 fully saturated rings. The van der Waals surface area contributed by atoms with Gasteiger partial charge in [0.1, 0.15) is 17.5 Å². The molecule has 1 aromatic heterocycles. The Kier molecular flexibility index (Phi) is 24.3. The van der Waals surface area contributed by atoms with Gasteiger partial charge >= 0.3 is 12.1 Å². The molecule has 11 heteroatoms. The number of carboxylic acids is 1. The van der Waals surface area contributed by atoms with Crippen molar-refractivity contribution < 1.29 is 24.2 Å². The minimum atomic E-state index is -1.07. The number of benzene rings is 1. The van der Waals surface area contributed by atoms with Crippen molar-refractivity contribution >= 4 is 35.4 Å². The van der Waals surface area contributed by atoms with Crippen LogP contribution in [0.5, 0.6) is 5.75 Å². The first kappa shape index (κ1) is 44.2. The molecule has 0 saturated carbocycles. The molecule has 1 heterocycles. The number of amides is 2. The number of unbranched alkanes of at least 4 members (excludes halogenated alkanes) is 1. The van der Waals surface area contributed by atoms with Gasteiger partial charge in [0.15, 0.2) is 5.82 Å². The van der Waals surface area contributed by atoms with Gasteiger partial charge in [0.25, 0.3) is 0 Å². The molecule has 1 atom stereocenters. The third kappa shape index (κ3) is 15.4. The van der Waals surface area contributed by atoms with E-state index in [0.29, 0.717) is 37.0 Å². The van der Waals surface area contributed by atoms with E-state index in [4.69, 9.17) is 4.74 Å². The Hall–Kier alpha value is -3.89. The number of nitrogens with zero attached hydrogens (tertiary/aromatic N) is 5. The zero-order valence-corrected chi connectivity index (χ0v) is 30.8. The molecule has 46 heavy (non-hydrogen) atoms. The van der Waals surface area contributed by atoms with E-state index < -0.39 is 18.1 Å². The monoisotopic (exact) mass is 646 g/mol. The van der Waals surface area contributed by atoms with Gasteiger partial charge in [-0.05, 0) is 51.8 Å². The van der Waals surface area contributed by atoms with Gasteiger partial charge in [0.2, 0.25) is 11.9 Å². The van der Waals surface area contributed by atoms with Gasteiger partial charge in [0.05, 0.1) is 6.20 Å². The second-order valence-electron chi connectivity index (χ2n) is 10.3. The maximum absolute atomic E-state index is 12.5. The molecule has 2 amide bonds. The number of aromatic nitrogens is 2. The summed E-state index contributed by atoms with van der Waals surface area (Å²) in [5, 5.41) is 13.1. The SMILES string of the molecule is CC.CC.CCC.CCCCN(C)C(=O)Oc1ccc(C[C@H](Nc2nc(N(CC)CC)ncc2N(C(C)=O)C(C)C)C(=O)O)cc1. The first-order valence-electron chi connectivity index (χ1n) is 16.9. The molecule has 1 aromatic carbocycles. The van der Waals surface area contributed by atoms with Crippen molar-refractivity contribution in [1.29, 1.82) is 0 Å². The van der Waals surface area contributed by atoms with Crippen LogP contribution in [0.1, 0.15) is 108 Å². The lowest BCUT2D eigenvalue weighted by Gasteiger charge is -2.29. The fourth-order valence-corrected chi connectivity index (χ4v) is 4.08. The molecule has 0 unspecified atom stereocenters. The van der Waals surface area contributed by atoms with Crippen LogP contribution >= 0.6 is 0 Å². The molecule has 0 radical (unpaired) electrons. The van der Waals surface area contributed by atoms with Gasteiger partial charge in [-0.15, -0.1) is 0 Å². The lowest BCUT2D eigenvalue weighted by Crippen LogP contribution is -2.38. The molecule has 0 spiro atoms. The maximum Gasteiger partial charge on any atom is 0.414 e. The number of hydrogen-bond acceptors (Lipinski definition) is 8. The second-order valence-corrected chi connectivity index (χ2v) is 10.3. The van der Waals surface area contributed by atoms with Crippen LogP contribution in [0.4, 0.5) is 22.2 Å². The van der Waals surface area contributed by atoms with E-state index in [1.54, 1.807) is 37.5 Å². The van der Waals surface area contributed by atoms with Crippen molar-refractivity contribution in [3.05, 3.63) is 36.0 Å². The van der Waals surface area contributed by atoms with Crippen LogP contribution in [0.25, 0.3) is 0 Å². The number of aliphatic carboxylic acids is 1. The van der Waals surface area contributed by atoms with Crippen molar-refractivity contribution in [2.24, 2.45) is 0 Å². The molecule has 262 valence electrons. The van der Waals surface area contributed by atoms with Crippen molar-refractivity contribution in [3.8, 4) is 5.75 Å². The Morgan fingerprint density at radius 1 is 0.957 bits per heavy atom. The number of ether oxygens (including phenoxy) is 1. The fourth-order valence-electron chi connectivity index (χ4n) is 4.08. The average molecular weight is 647 g/mol. The molecule has 2 N–H and O–H groups in total. The van der Waals surface area contributed by atoms with E-state index in [1.165, 1.54) is 23.1 Å². The molecule has 0 aliphatic rings. The number of carbonyl (C=O) groups excluding carboxylic acids is 2. The van der Waals surface area contributed by atoms with Gasteiger partial charge in [-0.3, -0.25) is 4.79 Å². The third-order valence-electron chi connectivity index (χ3n) is 6.25. The molecule has 2 rings (SSSR count). The van der Waals surface area contributed by atoms with Crippen LogP contribution < -0.4 is 19.9 Å². The van der Waals surface area contributed by atoms with Crippen LogP contribution in [0.3, 0.4) is 0 Å². The number of rotatable bonds is 14. The molecule has 0 aliphatic heterocycles. The summed E-state index contributed by atoms with van der Waals surface area (Å²) in [5.74, 6) is -0.190. The lowest BCUT2D eigenvalue weighted by molar-refractivity contribution is -0.137. The summed E-state index contributed by atoms with van der Waals surface area (Å²) >= 11 is 0. The highest BCUT2D eigenvalue weighted by molar-refractivity contribution is 5.95. The smallest absolute Gasteiger partial charge is 0.414 e. The van der Waals surface area contributed by atoms with E-state index >= 15 is 0 Å². The minimum absolute atomic E-state index is 0.131. The van der Waals surface area contributed by atoms with Crippen molar-refractivity contribution in [1.82, 2.24) is 14.9 Å². The molecular weight excluding hydrogens is 584 g/mol. The van der Waals surface area contributed by atoms with Gasteiger partial charge < -0.3 is 29.9 Å². The molecule has 11 nitrogen and oxygen atoms in total. The van der Waals surface area contributed by atoms with E-state index in [9.17, 15) is 19.5 Å². The maximum atomic E-state index is 12.5. The lowest BCUT2D eigenvalue weighted by atomic mass is 10.1. The highest BCUT2D eigenvalue weighted by atomic mass is 16.6. The number of hydrogen-bond donors (Lipinski definition) is 2. The third-order valence-corrected chi connectivity index (χ3v) is 6.25. The van der Waals surface area contributed by atoms with Crippen LogP contribution in [0.15, 0.2) is 30.5 Å². The van der Waals surface area contributed by atoms with Gasteiger partial charge in [-0.25, -0.2) is 14.6 Å². The van der Waals surface area contributed by atoms with Crippen molar-refractivity contribution in [2.75, 3.05) is 41.8 Å².